The van der Waals surface area contributed by atoms with E-state index >= 15 is 0 Å². The van der Waals surface area contributed by atoms with Crippen LogP contribution in [0, 0.1) is 0 Å². The summed E-state index contributed by atoms with van der Waals surface area (Å²) in [5, 5.41) is 0. The van der Waals surface area contributed by atoms with Gasteiger partial charge >= 0.3 is 0 Å². The fraction of sp³-hybridized carbons (Fsp3) is 0.355. The molecule has 0 aliphatic rings. The Morgan fingerprint density at radius 3 is 1.85 bits per heavy atom. The van der Waals surface area contributed by atoms with Crippen molar-refractivity contribution in [3.05, 3.63) is 102 Å². The number of rotatable bonds is 11. The molecule has 0 saturated heterocycles. The van der Waals surface area contributed by atoms with Crippen molar-refractivity contribution in [2.24, 2.45) is 0 Å². The maximum absolute atomic E-state index is 6.57. The van der Waals surface area contributed by atoms with Gasteiger partial charge in [-0.2, -0.15) is 0 Å². The predicted molar refractivity (Wildman–Crippen MR) is 149 cm³/mol. The molecule has 3 nitrogen and oxygen atoms in total. The van der Waals surface area contributed by atoms with E-state index < -0.39 is 0 Å². The minimum atomic E-state index is -0.197. The van der Waals surface area contributed by atoms with Gasteiger partial charge in [0.05, 0.1) is 0 Å². The lowest BCUT2D eigenvalue weighted by atomic mass is 9.69. The molecule has 3 aromatic carbocycles. The van der Waals surface area contributed by atoms with E-state index in [1.54, 1.807) is 0 Å². The fourth-order valence-corrected chi connectivity index (χ4v) is 5.35. The van der Waals surface area contributed by atoms with E-state index in [-0.39, 0.29) is 10.8 Å². The molecule has 180 valence electrons. The van der Waals surface area contributed by atoms with Crippen molar-refractivity contribution in [3.63, 3.8) is 0 Å². The molecular formula is C31H41N3. The second-order valence-electron chi connectivity index (χ2n) is 9.73. The Morgan fingerprint density at radius 1 is 0.735 bits per heavy atom. The van der Waals surface area contributed by atoms with E-state index in [1.165, 1.54) is 22.3 Å². The Hall–Kier alpha value is -3.20. The van der Waals surface area contributed by atoms with Gasteiger partial charge in [-0.3, -0.25) is 0 Å². The molecule has 0 aromatic heterocycles. The third-order valence-electron chi connectivity index (χ3n) is 7.70. The number of nitrogen functional groups attached to an aromatic ring is 3. The van der Waals surface area contributed by atoms with E-state index in [1.807, 2.05) is 24.3 Å². The normalized spacial score (nSPS) is 14.8. The molecule has 0 amide bonds. The summed E-state index contributed by atoms with van der Waals surface area (Å²) in [6, 6.07) is 23.2. The smallest absolute Gasteiger partial charge is 0.0347 e. The van der Waals surface area contributed by atoms with Gasteiger partial charge < -0.3 is 17.2 Å². The largest absolute Gasteiger partial charge is 0.399 e. The van der Waals surface area contributed by atoms with Crippen LogP contribution < -0.4 is 17.2 Å². The van der Waals surface area contributed by atoms with E-state index in [9.17, 15) is 0 Å². The van der Waals surface area contributed by atoms with Crippen LogP contribution in [-0.4, -0.2) is 0 Å². The van der Waals surface area contributed by atoms with Crippen LogP contribution in [0.15, 0.2) is 79.4 Å². The monoisotopic (exact) mass is 455 g/mol. The minimum Gasteiger partial charge on any atom is -0.399 e. The maximum atomic E-state index is 6.57. The van der Waals surface area contributed by atoms with Crippen molar-refractivity contribution in [2.45, 2.75) is 70.1 Å². The Bertz CT molecular complexity index is 1080. The number of hydrogen-bond acceptors (Lipinski definition) is 3. The zero-order chi connectivity index (χ0) is 24.8. The van der Waals surface area contributed by atoms with Gasteiger partial charge in [0, 0.05) is 22.5 Å². The van der Waals surface area contributed by atoms with Gasteiger partial charge in [-0.05, 0) is 90.1 Å². The number of allylic oxidation sites excluding steroid dienone is 1. The summed E-state index contributed by atoms with van der Waals surface area (Å²) in [5.74, 6) is 0. The second-order valence-corrected chi connectivity index (χ2v) is 9.73. The topological polar surface area (TPSA) is 78.1 Å². The van der Waals surface area contributed by atoms with Crippen molar-refractivity contribution in [1.29, 1.82) is 0 Å². The van der Waals surface area contributed by atoms with E-state index in [0.29, 0.717) is 0 Å². The molecule has 3 heteroatoms. The average molecular weight is 456 g/mol. The SMILES string of the molecule is C=CC(CC)(Cc1cc(C(CC)(CCC)Cc2ccc(N)cc2)ccc1N)c1ccc(N)cc1. The summed E-state index contributed by atoms with van der Waals surface area (Å²) in [4.78, 5) is 0. The highest BCUT2D eigenvalue weighted by Gasteiger charge is 2.32. The molecule has 6 N–H and O–H groups in total. The maximum Gasteiger partial charge on any atom is 0.0347 e. The van der Waals surface area contributed by atoms with Gasteiger partial charge in [-0.15, -0.1) is 6.58 Å². The summed E-state index contributed by atoms with van der Waals surface area (Å²) in [5.41, 5.74) is 25.8. The van der Waals surface area contributed by atoms with E-state index in [4.69, 9.17) is 17.2 Å². The average Bonchev–Trinajstić information content (AvgIpc) is 2.85. The first-order valence-electron chi connectivity index (χ1n) is 12.5. The highest BCUT2D eigenvalue weighted by Crippen LogP contribution is 2.40. The summed E-state index contributed by atoms with van der Waals surface area (Å²) >= 11 is 0. The third-order valence-corrected chi connectivity index (χ3v) is 7.70. The highest BCUT2D eigenvalue weighted by atomic mass is 14.6. The van der Waals surface area contributed by atoms with Crippen molar-refractivity contribution < 1.29 is 0 Å². The lowest BCUT2D eigenvalue weighted by Crippen LogP contribution is -2.30. The molecule has 34 heavy (non-hydrogen) atoms. The Balaban J connectivity index is 2.04. The fourth-order valence-electron chi connectivity index (χ4n) is 5.35. The zero-order valence-electron chi connectivity index (χ0n) is 21.1. The first-order valence-corrected chi connectivity index (χ1v) is 12.5. The Kier molecular flexibility index (Phi) is 8.09. The first kappa shape index (κ1) is 25.4. The summed E-state index contributed by atoms with van der Waals surface area (Å²) in [6.07, 6.45) is 8.12. The van der Waals surface area contributed by atoms with E-state index in [2.05, 4.69) is 75.9 Å². The molecule has 0 bridgehead atoms. The molecule has 0 heterocycles. The van der Waals surface area contributed by atoms with Crippen molar-refractivity contribution in [2.75, 3.05) is 17.2 Å². The molecule has 0 spiro atoms. The van der Waals surface area contributed by atoms with Gasteiger partial charge in [0.15, 0.2) is 0 Å². The van der Waals surface area contributed by atoms with Crippen molar-refractivity contribution in [3.8, 4) is 0 Å². The zero-order valence-corrected chi connectivity index (χ0v) is 21.1. The van der Waals surface area contributed by atoms with Crippen molar-refractivity contribution >= 4 is 17.1 Å². The van der Waals surface area contributed by atoms with Gasteiger partial charge in [-0.1, -0.05) is 69.7 Å². The van der Waals surface area contributed by atoms with Crippen LogP contribution in [0.2, 0.25) is 0 Å². The second kappa shape index (κ2) is 10.8. The van der Waals surface area contributed by atoms with Gasteiger partial charge in [0.25, 0.3) is 0 Å². The molecule has 3 rings (SSSR count). The molecule has 0 radical (unpaired) electrons. The van der Waals surface area contributed by atoms with Crippen LogP contribution in [0.25, 0.3) is 0 Å². The molecule has 2 atom stereocenters. The number of nitrogens with two attached hydrogens (primary N) is 3. The Morgan fingerprint density at radius 2 is 1.32 bits per heavy atom. The minimum absolute atomic E-state index is 0.0531. The van der Waals surface area contributed by atoms with Crippen LogP contribution >= 0.6 is 0 Å². The number of anilines is 3. The molecule has 3 aromatic rings. The van der Waals surface area contributed by atoms with Crippen molar-refractivity contribution in [1.82, 2.24) is 0 Å². The first-order chi connectivity index (χ1) is 16.3. The van der Waals surface area contributed by atoms with Crippen LogP contribution in [0.4, 0.5) is 17.1 Å². The van der Waals surface area contributed by atoms with Crippen LogP contribution in [0.1, 0.15) is 68.7 Å². The number of hydrogen-bond donors (Lipinski definition) is 3. The Labute approximate surface area is 206 Å². The molecule has 0 aliphatic carbocycles. The van der Waals surface area contributed by atoms with Crippen LogP contribution in [0.3, 0.4) is 0 Å². The lowest BCUT2D eigenvalue weighted by Gasteiger charge is -2.36. The number of benzene rings is 3. The van der Waals surface area contributed by atoms with Gasteiger partial charge in [-0.25, -0.2) is 0 Å². The standard InChI is InChI=1S/C31H41N3/c1-5-19-31(8-4,21-23-9-14-27(32)15-10-23)26-13-18-29(34)24(20-26)22-30(6-2,7-3)25-11-16-28(33)17-12-25/h6,9-18,20H,2,5,7-8,19,21-22,32-34H2,1,3-4H3. The van der Waals surface area contributed by atoms with E-state index in [0.717, 1.165) is 55.6 Å². The molecule has 0 fully saturated rings. The molecule has 2 unspecified atom stereocenters. The molecule has 0 aliphatic heterocycles. The van der Waals surface area contributed by atoms with Gasteiger partial charge in [0.2, 0.25) is 0 Å². The quantitative estimate of drug-likeness (QED) is 0.211. The highest BCUT2D eigenvalue weighted by molar-refractivity contribution is 5.53. The van der Waals surface area contributed by atoms with Crippen LogP contribution in [-0.2, 0) is 23.7 Å². The lowest BCUT2D eigenvalue weighted by molar-refractivity contribution is 0.371. The van der Waals surface area contributed by atoms with Crippen LogP contribution in [0.5, 0.6) is 0 Å². The third kappa shape index (κ3) is 5.30. The summed E-state index contributed by atoms with van der Waals surface area (Å²) in [6.45, 7) is 11.0. The van der Waals surface area contributed by atoms with Gasteiger partial charge in [0.1, 0.15) is 0 Å². The molecular weight excluding hydrogens is 414 g/mol. The predicted octanol–water partition coefficient (Wildman–Crippen LogP) is 7.20. The summed E-state index contributed by atoms with van der Waals surface area (Å²) < 4.78 is 0. The molecule has 0 saturated carbocycles. The summed E-state index contributed by atoms with van der Waals surface area (Å²) in [7, 11) is 0.